The number of benzene rings is 3. The van der Waals surface area contributed by atoms with E-state index in [2.05, 4.69) is 58.9 Å². The van der Waals surface area contributed by atoms with E-state index in [0.717, 1.165) is 26.2 Å². The topological polar surface area (TPSA) is 28.5 Å². The molecule has 0 radical (unpaired) electrons. The van der Waals surface area contributed by atoms with E-state index in [-0.39, 0.29) is 11.5 Å². The Hall–Kier alpha value is -3.18. The van der Waals surface area contributed by atoms with E-state index in [4.69, 9.17) is 0 Å². The smallest absolute Gasteiger partial charge is 0.256 e. The lowest BCUT2D eigenvalue weighted by Gasteiger charge is -2.34. The molecule has 0 atom stereocenters. The molecule has 0 spiro atoms. The third-order valence-electron chi connectivity index (χ3n) is 6.32. The lowest BCUT2D eigenvalue weighted by Crippen LogP contribution is -2.48. The van der Waals surface area contributed by atoms with E-state index in [1.807, 2.05) is 0 Å². The second-order valence-electron chi connectivity index (χ2n) is 8.16. The van der Waals surface area contributed by atoms with E-state index < -0.39 is 5.82 Å². The van der Waals surface area contributed by atoms with E-state index in [1.165, 1.54) is 33.4 Å². The molecular weight excluding hydrogens is 389 g/mol. The molecule has 5 rings (SSSR count). The minimum Gasteiger partial charge on any atom is -0.341 e. The summed E-state index contributed by atoms with van der Waals surface area (Å²) in [5.41, 5.74) is 3.99. The summed E-state index contributed by atoms with van der Waals surface area (Å²) in [7, 11) is 0. The second-order valence-corrected chi connectivity index (χ2v) is 8.16. The number of carbonyl (C=O) groups is 1. The molecular formula is C26H26FN3O. The highest BCUT2D eigenvalue weighted by Gasteiger charge is 2.24. The molecule has 4 nitrogen and oxygen atoms in total. The van der Waals surface area contributed by atoms with Crippen LogP contribution in [0, 0.1) is 5.82 Å². The SMILES string of the molecule is CCn1c2ccccc2c2cc(CN3CCN(C(=O)c4ccccc4F)CC3)ccc21. The molecule has 5 heteroatoms. The summed E-state index contributed by atoms with van der Waals surface area (Å²) in [6.45, 7) is 6.78. The highest BCUT2D eigenvalue weighted by Crippen LogP contribution is 2.30. The van der Waals surface area contributed by atoms with Crippen LogP contribution in [-0.4, -0.2) is 46.5 Å². The van der Waals surface area contributed by atoms with Crippen LogP contribution in [0.4, 0.5) is 4.39 Å². The van der Waals surface area contributed by atoms with Gasteiger partial charge in [0.1, 0.15) is 5.82 Å². The highest BCUT2D eigenvalue weighted by atomic mass is 19.1. The molecule has 0 N–H and O–H groups in total. The fourth-order valence-electron chi connectivity index (χ4n) is 4.71. The number of amides is 1. The largest absolute Gasteiger partial charge is 0.341 e. The van der Waals surface area contributed by atoms with Gasteiger partial charge in [-0.2, -0.15) is 0 Å². The average Bonchev–Trinajstić information content (AvgIpc) is 3.12. The number of fused-ring (bicyclic) bond motifs is 3. The maximum Gasteiger partial charge on any atom is 0.256 e. The average molecular weight is 416 g/mol. The molecule has 0 aliphatic carbocycles. The number of rotatable bonds is 4. The van der Waals surface area contributed by atoms with E-state index in [9.17, 15) is 9.18 Å². The zero-order chi connectivity index (χ0) is 21.4. The van der Waals surface area contributed by atoms with Gasteiger partial charge in [-0.25, -0.2) is 4.39 Å². The number of halogens is 1. The van der Waals surface area contributed by atoms with Crippen LogP contribution >= 0.6 is 0 Å². The van der Waals surface area contributed by atoms with Gasteiger partial charge >= 0.3 is 0 Å². The highest BCUT2D eigenvalue weighted by molar-refractivity contribution is 6.08. The van der Waals surface area contributed by atoms with Crippen LogP contribution < -0.4 is 0 Å². The third kappa shape index (κ3) is 3.59. The molecule has 1 fully saturated rings. The van der Waals surface area contributed by atoms with Crippen LogP contribution in [0.15, 0.2) is 66.7 Å². The van der Waals surface area contributed by atoms with Crippen molar-refractivity contribution >= 4 is 27.7 Å². The van der Waals surface area contributed by atoms with Crippen molar-refractivity contribution in [3.05, 3.63) is 83.7 Å². The van der Waals surface area contributed by atoms with Gasteiger partial charge in [0.05, 0.1) is 5.56 Å². The van der Waals surface area contributed by atoms with Crippen LogP contribution in [0.25, 0.3) is 21.8 Å². The van der Waals surface area contributed by atoms with Gasteiger partial charge < -0.3 is 9.47 Å². The number of hydrogen-bond acceptors (Lipinski definition) is 2. The minimum absolute atomic E-state index is 0.161. The first-order chi connectivity index (χ1) is 15.2. The lowest BCUT2D eigenvalue weighted by molar-refractivity contribution is 0.0624. The van der Waals surface area contributed by atoms with Crippen molar-refractivity contribution < 1.29 is 9.18 Å². The van der Waals surface area contributed by atoms with Crippen LogP contribution in [0.2, 0.25) is 0 Å². The molecule has 1 aliphatic heterocycles. The summed E-state index contributed by atoms with van der Waals surface area (Å²) in [6.07, 6.45) is 0. The molecule has 1 aliphatic rings. The molecule has 0 unspecified atom stereocenters. The summed E-state index contributed by atoms with van der Waals surface area (Å²) in [4.78, 5) is 16.8. The zero-order valence-electron chi connectivity index (χ0n) is 17.7. The fraction of sp³-hybridized carbons (Fsp3) is 0.269. The Morgan fingerprint density at radius 2 is 1.58 bits per heavy atom. The normalized spacial score (nSPS) is 15.1. The Balaban J connectivity index is 1.31. The third-order valence-corrected chi connectivity index (χ3v) is 6.32. The van der Waals surface area contributed by atoms with Crippen molar-refractivity contribution in [1.29, 1.82) is 0 Å². The standard InChI is InChI=1S/C26H26FN3O/c1-2-30-24-10-6-4-7-20(24)22-17-19(11-12-25(22)30)18-28-13-15-29(16-14-28)26(31)21-8-3-5-9-23(21)27/h3-12,17H,2,13-16,18H2,1H3. The van der Waals surface area contributed by atoms with Gasteiger partial charge in [0.25, 0.3) is 5.91 Å². The molecule has 3 aromatic carbocycles. The van der Waals surface area contributed by atoms with Gasteiger partial charge in [0, 0.05) is 61.1 Å². The van der Waals surface area contributed by atoms with Crippen molar-refractivity contribution in [3.8, 4) is 0 Å². The molecule has 158 valence electrons. The number of hydrogen-bond donors (Lipinski definition) is 0. The Bertz CT molecular complexity index is 1250. The number of aryl methyl sites for hydroxylation is 1. The van der Waals surface area contributed by atoms with Crippen molar-refractivity contribution in [1.82, 2.24) is 14.4 Å². The molecule has 1 saturated heterocycles. The van der Waals surface area contributed by atoms with Gasteiger partial charge in [-0.1, -0.05) is 36.4 Å². The lowest BCUT2D eigenvalue weighted by atomic mass is 10.1. The quantitative estimate of drug-likeness (QED) is 0.474. The summed E-state index contributed by atoms with van der Waals surface area (Å²) in [5, 5.41) is 2.59. The van der Waals surface area contributed by atoms with Gasteiger partial charge in [0.2, 0.25) is 0 Å². The summed E-state index contributed by atoms with van der Waals surface area (Å²) in [5.74, 6) is -0.666. The monoisotopic (exact) mass is 415 g/mol. The van der Waals surface area contributed by atoms with Crippen LogP contribution in [0.5, 0.6) is 0 Å². The number of para-hydroxylation sites is 1. The van der Waals surface area contributed by atoms with Crippen molar-refractivity contribution in [3.63, 3.8) is 0 Å². The first kappa shape index (κ1) is 19.8. The van der Waals surface area contributed by atoms with Gasteiger partial charge in [-0.3, -0.25) is 9.69 Å². The maximum atomic E-state index is 14.0. The zero-order valence-corrected chi connectivity index (χ0v) is 17.7. The molecule has 1 amide bonds. The van der Waals surface area contributed by atoms with Crippen LogP contribution in [0.1, 0.15) is 22.8 Å². The summed E-state index contributed by atoms with van der Waals surface area (Å²) in [6, 6.07) is 21.5. The molecule has 0 bridgehead atoms. The van der Waals surface area contributed by atoms with Crippen molar-refractivity contribution in [2.75, 3.05) is 26.2 Å². The van der Waals surface area contributed by atoms with E-state index in [1.54, 1.807) is 23.1 Å². The fourth-order valence-corrected chi connectivity index (χ4v) is 4.71. The molecule has 1 aromatic heterocycles. The number of piperazine rings is 1. The number of aromatic nitrogens is 1. The van der Waals surface area contributed by atoms with Crippen LogP contribution in [-0.2, 0) is 13.1 Å². The van der Waals surface area contributed by atoms with Crippen molar-refractivity contribution in [2.45, 2.75) is 20.0 Å². The summed E-state index contributed by atoms with van der Waals surface area (Å²) >= 11 is 0. The van der Waals surface area contributed by atoms with E-state index >= 15 is 0 Å². The molecule has 4 aromatic rings. The van der Waals surface area contributed by atoms with Gasteiger partial charge in [-0.05, 0) is 42.8 Å². The Morgan fingerprint density at radius 1 is 0.871 bits per heavy atom. The first-order valence-electron chi connectivity index (χ1n) is 10.9. The predicted molar refractivity (Wildman–Crippen MR) is 123 cm³/mol. The molecule has 0 saturated carbocycles. The first-order valence-corrected chi connectivity index (χ1v) is 10.9. The van der Waals surface area contributed by atoms with Gasteiger partial charge in [0.15, 0.2) is 0 Å². The predicted octanol–water partition coefficient (Wildman–Crippen LogP) is 4.91. The Morgan fingerprint density at radius 3 is 2.35 bits per heavy atom. The van der Waals surface area contributed by atoms with Crippen LogP contribution in [0.3, 0.4) is 0 Å². The number of nitrogens with zero attached hydrogens (tertiary/aromatic N) is 3. The molecule has 2 heterocycles. The Labute approximate surface area is 181 Å². The minimum atomic E-state index is -0.450. The van der Waals surface area contributed by atoms with Crippen molar-refractivity contribution in [2.24, 2.45) is 0 Å². The second kappa shape index (κ2) is 8.16. The Kier molecular flexibility index (Phi) is 5.20. The van der Waals surface area contributed by atoms with Gasteiger partial charge in [-0.15, -0.1) is 0 Å². The number of carbonyl (C=O) groups excluding carboxylic acids is 1. The summed E-state index contributed by atoms with van der Waals surface area (Å²) < 4.78 is 16.3. The maximum absolute atomic E-state index is 14.0. The van der Waals surface area contributed by atoms with E-state index in [0.29, 0.717) is 13.1 Å². The molecule has 31 heavy (non-hydrogen) atoms.